The van der Waals surface area contributed by atoms with Crippen molar-refractivity contribution in [1.29, 1.82) is 0 Å². The third-order valence-corrected chi connectivity index (χ3v) is 2.39. The van der Waals surface area contributed by atoms with Crippen LogP contribution < -0.4 is 5.73 Å². The van der Waals surface area contributed by atoms with Gasteiger partial charge in [-0.25, -0.2) is 9.38 Å². The van der Waals surface area contributed by atoms with Gasteiger partial charge in [0, 0.05) is 5.56 Å². The average molecular weight is 228 g/mol. The number of amidine groups is 1. The van der Waals surface area contributed by atoms with Crippen molar-refractivity contribution in [1.82, 2.24) is 0 Å². The fraction of sp³-hybridized carbons (Fsp3) is 0.0714. The van der Waals surface area contributed by atoms with Gasteiger partial charge in [0.25, 0.3) is 0 Å². The molecule has 17 heavy (non-hydrogen) atoms. The van der Waals surface area contributed by atoms with Crippen molar-refractivity contribution < 1.29 is 4.39 Å². The van der Waals surface area contributed by atoms with Crippen LogP contribution in [0, 0.1) is 12.7 Å². The number of aliphatic imine (C=N–C) groups is 1. The smallest absolute Gasteiger partial charge is 0.131 e. The van der Waals surface area contributed by atoms with Gasteiger partial charge in [-0.2, -0.15) is 0 Å². The molecule has 0 atom stereocenters. The van der Waals surface area contributed by atoms with Crippen LogP contribution in [-0.2, 0) is 0 Å². The summed E-state index contributed by atoms with van der Waals surface area (Å²) < 4.78 is 12.7. The second-order valence-corrected chi connectivity index (χ2v) is 3.84. The molecule has 3 heteroatoms. The van der Waals surface area contributed by atoms with E-state index in [1.54, 1.807) is 12.1 Å². The minimum atomic E-state index is -0.280. The van der Waals surface area contributed by atoms with E-state index in [0.29, 0.717) is 11.5 Å². The first kappa shape index (κ1) is 11.3. The lowest BCUT2D eigenvalue weighted by Gasteiger charge is -2.02. The van der Waals surface area contributed by atoms with Crippen LogP contribution in [0.25, 0.3) is 0 Å². The Bertz CT molecular complexity index is 544. The van der Waals surface area contributed by atoms with Gasteiger partial charge in [0.05, 0.1) is 5.69 Å². The van der Waals surface area contributed by atoms with E-state index >= 15 is 0 Å². The Morgan fingerprint density at radius 2 is 1.82 bits per heavy atom. The molecule has 0 unspecified atom stereocenters. The lowest BCUT2D eigenvalue weighted by molar-refractivity contribution is 0.628. The summed E-state index contributed by atoms with van der Waals surface area (Å²) in [5, 5.41) is 0. The monoisotopic (exact) mass is 228 g/mol. The molecule has 0 aliphatic rings. The topological polar surface area (TPSA) is 38.4 Å². The number of hydrogen-bond acceptors (Lipinski definition) is 1. The van der Waals surface area contributed by atoms with Gasteiger partial charge in [-0.05, 0) is 37.3 Å². The number of nitrogens with two attached hydrogens (primary N) is 1. The molecule has 0 heterocycles. The second-order valence-electron chi connectivity index (χ2n) is 3.84. The van der Waals surface area contributed by atoms with Crippen molar-refractivity contribution in [3.05, 3.63) is 65.5 Å². The van der Waals surface area contributed by atoms with Crippen LogP contribution in [0.4, 0.5) is 10.1 Å². The highest BCUT2D eigenvalue weighted by Gasteiger charge is 1.99. The summed E-state index contributed by atoms with van der Waals surface area (Å²) in [6, 6.07) is 13.7. The molecule has 0 amide bonds. The third kappa shape index (κ3) is 2.91. The van der Waals surface area contributed by atoms with E-state index in [2.05, 4.69) is 4.99 Å². The molecule has 0 aromatic heterocycles. The van der Waals surface area contributed by atoms with Gasteiger partial charge in [0.2, 0.25) is 0 Å². The highest BCUT2D eigenvalue weighted by atomic mass is 19.1. The van der Waals surface area contributed by atoms with Crippen LogP contribution in [0.5, 0.6) is 0 Å². The van der Waals surface area contributed by atoms with Crippen LogP contribution in [0.15, 0.2) is 53.5 Å². The van der Waals surface area contributed by atoms with Gasteiger partial charge >= 0.3 is 0 Å². The third-order valence-electron chi connectivity index (χ3n) is 2.39. The Kier molecular flexibility index (Phi) is 3.19. The maximum atomic E-state index is 12.7. The van der Waals surface area contributed by atoms with Gasteiger partial charge in [0.15, 0.2) is 0 Å². The minimum absolute atomic E-state index is 0.280. The van der Waals surface area contributed by atoms with Crippen LogP contribution in [0.3, 0.4) is 0 Å². The lowest BCUT2D eigenvalue weighted by atomic mass is 10.1. The van der Waals surface area contributed by atoms with E-state index < -0.39 is 0 Å². The summed E-state index contributed by atoms with van der Waals surface area (Å²) in [6.45, 7) is 1.99. The number of halogens is 1. The second kappa shape index (κ2) is 4.78. The van der Waals surface area contributed by atoms with Crippen molar-refractivity contribution in [3.63, 3.8) is 0 Å². The Hall–Kier alpha value is -2.16. The van der Waals surface area contributed by atoms with E-state index in [9.17, 15) is 4.39 Å². The molecule has 2 nitrogen and oxygen atoms in total. The largest absolute Gasteiger partial charge is 0.383 e. The molecular weight excluding hydrogens is 215 g/mol. The number of nitrogens with zero attached hydrogens (tertiary/aromatic N) is 1. The van der Waals surface area contributed by atoms with Crippen molar-refractivity contribution in [2.45, 2.75) is 6.92 Å². The average Bonchev–Trinajstić information content (AvgIpc) is 2.32. The molecule has 0 fully saturated rings. The highest BCUT2D eigenvalue weighted by molar-refractivity contribution is 5.99. The number of benzene rings is 2. The standard InChI is InChI=1S/C14H13FN2/c1-10-3-2-4-11(9-10)14(16)17-13-7-5-12(15)6-8-13/h2-9H,1H3,(H2,16,17). The van der Waals surface area contributed by atoms with Crippen LogP contribution >= 0.6 is 0 Å². The first-order valence-corrected chi connectivity index (χ1v) is 5.32. The number of rotatable bonds is 2. The molecular formula is C14H13FN2. The molecule has 2 aromatic carbocycles. The van der Waals surface area contributed by atoms with E-state index in [0.717, 1.165) is 11.1 Å². The molecule has 0 aliphatic carbocycles. The number of aryl methyl sites for hydroxylation is 1. The predicted molar refractivity (Wildman–Crippen MR) is 68.0 cm³/mol. The fourth-order valence-electron chi connectivity index (χ4n) is 1.52. The maximum absolute atomic E-state index is 12.7. The number of hydrogen-bond donors (Lipinski definition) is 1. The van der Waals surface area contributed by atoms with Gasteiger partial charge in [0.1, 0.15) is 11.7 Å². The minimum Gasteiger partial charge on any atom is -0.383 e. The molecule has 0 spiro atoms. The zero-order valence-corrected chi connectivity index (χ0v) is 9.52. The van der Waals surface area contributed by atoms with Crippen molar-refractivity contribution in [2.24, 2.45) is 10.7 Å². The Morgan fingerprint density at radius 3 is 2.47 bits per heavy atom. The fourth-order valence-corrected chi connectivity index (χ4v) is 1.52. The lowest BCUT2D eigenvalue weighted by Crippen LogP contribution is -2.12. The van der Waals surface area contributed by atoms with Gasteiger partial charge in [-0.1, -0.05) is 23.8 Å². The van der Waals surface area contributed by atoms with Crippen LogP contribution in [0.1, 0.15) is 11.1 Å². The van der Waals surface area contributed by atoms with Crippen molar-refractivity contribution >= 4 is 11.5 Å². The van der Waals surface area contributed by atoms with E-state index in [1.165, 1.54) is 12.1 Å². The molecule has 2 N–H and O–H groups in total. The molecule has 2 rings (SSSR count). The maximum Gasteiger partial charge on any atom is 0.131 e. The highest BCUT2D eigenvalue weighted by Crippen LogP contribution is 2.13. The summed E-state index contributed by atoms with van der Waals surface area (Å²) >= 11 is 0. The van der Waals surface area contributed by atoms with E-state index in [-0.39, 0.29) is 5.82 Å². The van der Waals surface area contributed by atoms with Crippen LogP contribution in [-0.4, -0.2) is 5.84 Å². The first-order chi connectivity index (χ1) is 8.15. The first-order valence-electron chi connectivity index (χ1n) is 5.32. The summed E-state index contributed by atoms with van der Waals surface area (Å²) in [6.07, 6.45) is 0. The van der Waals surface area contributed by atoms with Crippen molar-refractivity contribution in [3.8, 4) is 0 Å². The molecule has 0 bridgehead atoms. The SMILES string of the molecule is Cc1cccc(C(N)=Nc2ccc(F)cc2)c1. The zero-order valence-electron chi connectivity index (χ0n) is 9.52. The molecule has 0 saturated carbocycles. The van der Waals surface area contributed by atoms with E-state index in [4.69, 9.17) is 5.73 Å². The van der Waals surface area contributed by atoms with Crippen LogP contribution in [0.2, 0.25) is 0 Å². The van der Waals surface area contributed by atoms with Gasteiger partial charge < -0.3 is 5.73 Å². The predicted octanol–water partition coefficient (Wildman–Crippen LogP) is 3.17. The summed E-state index contributed by atoms with van der Waals surface area (Å²) in [5.41, 5.74) is 8.53. The normalized spacial score (nSPS) is 11.5. The molecule has 2 aromatic rings. The molecule has 0 aliphatic heterocycles. The molecule has 0 saturated heterocycles. The Labute approximate surface area is 99.6 Å². The summed E-state index contributed by atoms with van der Waals surface area (Å²) in [4.78, 5) is 4.24. The Balaban J connectivity index is 2.30. The zero-order chi connectivity index (χ0) is 12.3. The quantitative estimate of drug-likeness (QED) is 0.622. The summed E-state index contributed by atoms with van der Waals surface area (Å²) in [7, 11) is 0. The summed E-state index contributed by atoms with van der Waals surface area (Å²) in [5.74, 6) is 0.151. The van der Waals surface area contributed by atoms with E-state index in [1.807, 2.05) is 31.2 Å². The Morgan fingerprint density at radius 1 is 1.12 bits per heavy atom. The molecule has 86 valence electrons. The van der Waals surface area contributed by atoms with Crippen molar-refractivity contribution in [2.75, 3.05) is 0 Å². The molecule has 0 radical (unpaired) electrons. The van der Waals surface area contributed by atoms with Gasteiger partial charge in [-0.3, -0.25) is 0 Å². The van der Waals surface area contributed by atoms with Gasteiger partial charge in [-0.15, -0.1) is 0 Å².